The van der Waals surface area contributed by atoms with Crippen LogP contribution < -0.4 is 0 Å². The smallest absolute Gasteiger partial charge is 0.000967 e. The van der Waals surface area contributed by atoms with Gasteiger partial charge in [0.25, 0.3) is 0 Å². The van der Waals surface area contributed by atoms with E-state index in [9.17, 15) is 0 Å². The van der Waals surface area contributed by atoms with Gasteiger partial charge in [-0.05, 0) is 37.6 Å². The second-order valence-electron chi connectivity index (χ2n) is 7.65. The molecule has 0 fully saturated rings. The first-order valence-corrected chi connectivity index (χ1v) is 10.9. The first kappa shape index (κ1) is 23.0. The summed E-state index contributed by atoms with van der Waals surface area (Å²) >= 11 is 0. The molecule has 0 saturated carbocycles. The van der Waals surface area contributed by atoms with Crippen molar-refractivity contribution in [1.29, 1.82) is 0 Å². The van der Waals surface area contributed by atoms with Crippen LogP contribution in [0, 0.1) is 11.8 Å². The molecule has 0 N–H and O–H groups in total. The highest BCUT2D eigenvalue weighted by Gasteiger charge is 2.16. The molecule has 1 nitrogen and oxygen atoms in total. The van der Waals surface area contributed by atoms with Gasteiger partial charge in [0.05, 0.1) is 0 Å². The molecule has 0 saturated heterocycles. The quantitative estimate of drug-likeness (QED) is 0.253. The summed E-state index contributed by atoms with van der Waals surface area (Å²) in [6.45, 7) is 15.8. The van der Waals surface area contributed by atoms with Gasteiger partial charge >= 0.3 is 0 Å². The van der Waals surface area contributed by atoms with E-state index in [1.807, 2.05) is 0 Å². The molecule has 0 amide bonds. The molecule has 0 aliphatic rings. The summed E-state index contributed by atoms with van der Waals surface area (Å²) in [5, 5.41) is 0. The highest BCUT2D eigenvalue weighted by atomic mass is 15.1. The Labute approximate surface area is 148 Å². The molecule has 0 aliphatic carbocycles. The Hall–Kier alpha value is -0.0400. The van der Waals surface area contributed by atoms with Crippen molar-refractivity contribution in [3.63, 3.8) is 0 Å². The fraction of sp³-hybridized carbons (Fsp3) is 1.00. The van der Waals surface area contributed by atoms with Gasteiger partial charge in [0, 0.05) is 13.1 Å². The summed E-state index contributed by atoms with van der Waals surface area (Å²) in [6, 6.07) is 0. The summed E-state index contributed by atoms with van der Waals surface area (Å²) in [6.07, 6.45) is 16.7. The van der Waals surface area contributed by atoms with Crippen molar-refractivity contribution < 1.29 is 0 Å². The minimum Gasteiger partial charge on any atom is -0.303 e. The fourth-order valence-corrected chi connectivity index (χ4v) is 3.58. The molecule has 2 atom stereocenters. The van der Waals surface area contributed by atoms with Crippen LogP contribution in [0.4, 0.5) is 0 Å². The third kappa shape index (κ3) is 13.0. The second kappa shape index (κ2) is 16.8. The highest BCUT2D eigenvalue weighted by molar-refractivity contribution is 4.70. The Morgan fingerprint density at radius 3 is 1.43 bits per heavy atom. The van der Waals surface area contributed by atoms with Crippen LogP contribution in [0.3, 0.4) is 0 Å². The second-order valence-corrected chi connectivity index (χ2v) is 7.65. The van der Waals surface area contributed by atoms with Gasteiger partial charge in [-0.2, -0.15) is 0 Å². The van der Waals surface area contributed by atoms with Gasteiger partial charge in [-0.25, -0.2) is 0 Å². The van der Waals surface area contributed by atoms with Crippen LogP contribution >= 0.6 is 0 Å². The van der Waals surface area contributed by atoms with E-state index in [1.54, 1.807) is 0 Å². The third-order valence-electron chi connectivity index (χ3n) is 5.45. The number of unbranched alkanes of at least 4 members (excludes halogenated alkanes) is 5. The summed E-state index contributed by atoms with van der Waals surface area (Å²) in [7, 11) is 0. The number of hydrogen-bond donors (Lipinski definition) is 0. The van der Waals surface area contributed by atoms with E-state index in [0.717, 1.165) is 11.8 Å². The fourth-order valence-electron chi connectivity index (χ4n) is 3.58. The normalized spacial score (nSPS) is 14.3. The van der Waals surface area contributed by atoms with Crippen molar-refractivity contribution >= 4 is 0 Å². The van der Waals surface area contributed by atoms with Crippen molar-refractivity contribution in [2.75, 3.05) is 19.6 Å². The van der Waals surface area contributed by atoms with Gasteiger partial charge in [-0.3, -0.25) is 0 Å². The van der Waals surface area contributed by atoms with E-state index < -0.39 is 0 Å². The molecular formula is C22H47N. The van der Waals surface area contributed by atoms with Gasteiger partial charge in [-0.1, -0.05) is 92.4 Å². The molecule has 0 aromatic carbocycles. The molecule has 140 valence electrons. The Morgan fingerprint density at radius 2 is 1.04 bits per heavy atom. The lowest BCUT2D eigenvalue weighted by Crippen LogP contribution is -2.35. The zero-order chi connectivity index (χ0) is 17.3. The first-order valence-electron chi connectivity index (χ1n) is 10.9. The first-order chi connectivity index (χ1) is 11.2. The average Bonchev–Trinajstić information content (AvgIpc) is 2.58. The van der Waals surface area contributed by atoms with Crippen LogP contribution in [0.5, 0.6) is 0 Å². The van der Waals surface area contributed by atoms with Gasteiger partial charge in [0.15, 0.2) is 0 Å². The lowest BCUT2D eigenvalue weighted by Gasteiger charge is -2.30. The number of hydrogen-bond acceptors (Lipinski definition) is 1. The summed E-state index contributed by atoms with van der Waals surface area (Å²) in [4.78, 5) is 2.84. The largest absolute Gasteiger partial charge is 0.303 e. The topological polar surface area (TPSA) is 3.24 Å². The standard InChI is InChI=1S/C22H47N/c1-6-11-14-15-18-23(19-21(9-4)16-12-7-2)20-22(10-5)17-13-8-3/h21-22H,6-20H2,1-5H3. The van der Waals surface area contributed by atoms with Crippen LogP contribution in [-0.2, 0) is 0 Å². The van der Waals surface area contributed by atoms with Crippen LogP contribution in [0.25, 0.3) is 0 Å². The Balaban J connectivity index is 4.44. The zero-order valence-corrected chi connectivity index (χ0v) is 17.2. The molecule has 0 aliphatic heterocycles. The number of nitrogens with zero attached hydrogens (tertiary/aromatic N) is 1. The molecule has 0 rings (SSSR count). The molecule has 0 radical (unpaired) electrons. The molecule has 23 heavy (non-hydrogen) atoms. The lowest BCUT2D eigenvalue weighted by atomic mass is 9.95. The van der Waals surface area contributed by atoms with Gasteiger partial charge in [0.1, 0.15) is 0 Å². The predicted molar refractivity (Wildman–Crippen MR) is 107 cm³/mol. The van der Waals surface area contributed by atoms with E-state index in [-0.39, 0.29) is 0 Å². The molecule has 2 unspecified atom stereocenters. The van der Waals surface area contributed by atoms with Gasteiger partial charge < -0.3 is 4.90 Å². The SMILES string of the molecule is CCCCCCN(CC(CC)CCCC)CC(CC)CCCC. The van der Waals surface area contributed by atoms with Crippen molar-refractivity contribution in [1.82, 2.24) is 4.90 Å². The predicted octanol–water partition coefficient (Wildman–Crippen LogP) is 7.30. The van der Waals surface area contributed by atoms with Crippen molar-refractivity contribution in [2.24, 2.45) is 11.8 Å². The maximum absolute atomic E-state index is 2.84. The highest BCUT2D eigenvalue weighted by Crippen LogP contribution is 2.19. The summed E-state index contributed by atoms with van der Waals surface area (Å²) < 4.78 is 0. The molecular weight excluding hydrogens is 278 g/mol. The Kier molecular flexibility index (Phi) is 16.8. The maximum atomic E-state index is 2.84. The molecule has 0 aromatic rings. The lowest BCUT2D eigenvalue weighted by molar-refractivity contribution is 0.178. The monoisotopic (exact) mass is 325 g/mol. The number of rotatable bonds is 17. The molecule has 0 spiro atoms. The minimum absolute atomic E-state index is 0.921. The minimum atomic E-state index is 0.921. The maximum Gasteiger partial charge on any atom is 0.000967 e. The molecule has 1 heteroatoms. The van der Waals surface area contributed by atoms with Crippen LogP contribution in [0.1, 0.15) is 112 Å². The van der Waals surface area contributed by atoms with Crippen molar-refractivity contribution in [3.05, 3.63) is 0 Å². The zero-order valence-electron chi connectivity index (χ0n) is 17.2. The average molecular weight is 326 g/mol. The molecule has 0 aromatic heterocycles. The van der Waals surface area contributed by atoms with E-state index >= 15 is 0 Å². The van der Waals surface area contributed by atoms with E-state index in [4.69, 9.17) is 0 Å². The van der Waals surface area contributed by atoms with Crippen molar-refractivity contribution in [2.45, 2.75) is 112 Å². The van der Waals surface area contributed by atoms with E-state index in [0.29, 0.717) is 0 Å². The van der Waals surface area contributed by atoms with Gasteiger partial charge in [-0.15, -0.1) is 0 Å². The summed E-state index contributed by atoms with van der Waals surface area (Å²) in [5.74, 6) is 1.84. The Bertz CT molecular complexity index is 208. The van der Waals surface area contributed by atoms with Crippen LogP contribution in [-0.4, -0.2) is 24.5 Å². The van der Waals surface area contributed by atoms with E-state index in [2.05, 4.69) is 39.5 Å². The van der Waals surface area contributed by atoms with E-state index in [1.165, 1.54) is 96.7 Å². The van der Waals surface area contributed by atoms with Gasteiger partial charge in [0.2, 0.25) is 0 Å². The van der Waals surface area contributed by atoms with Crippen LogP contribution in [0.2, 0.25) is 0 Å². The third-order valence-corrected chi connectivity index (χ3v) is 5.45. The Morgan fingerprint density at radius 1 is 0.565 bits per heavy atom. The molecule has 0 heterocycles. The van der Waals surface area contributed by atoms with Crippen LogP contribution in [0.15, 0.2) is 0 Å². The summed E-state index contributed by atoms with van der Waals surface area (Å²) in [5.41, 5.74) is 0. The molecule has 0 bridgehead atoms. The van der Waals surface area contributed by atoms with Crippen molar-refractivity contribution in [3.8, 4) is 0 Å².